The molecule has 0 aromatic heterocycles. The summed E-state index contributed by atoms with van der Waals surface area (Å²) in [7, 11) is 0. The van der Waals surface area contributed by atoms with Gasteiger partial charge in [0.15, 0.2) is 0 Å². The van der Waals surface area contributed by atoms with E-state index in [9.17, 15) is 10.2 Å². The van der Waals surface area contributed by atoms with Crippen molar-refractivity contribution in [3.63, 3.8) is 0 Å². The summed E-state index contributed by atoms with van der Waals surface area (Å²) in [5.74, 6) is 0. The first-order valence-corrected chi connectivity index (χ1v) is 10.8. The molecule has 4 rings (SSSR count). The lowest BCUT2D eigenvalue weighted by Gasteiger charge is -2.17. The number of benzene rings is 4. The average Bonchev–Trinajstić information content (AvgIpc) is 2.79. The minimum absolute atomic E-state index is 0.543. The summed E-state index contributed by atoms with van der Waals surface area (Å²) in [5, 5.41) is 21.6. The Balaban J connectivity index is 1.59. The van der Waals surface area contributed by atoms with E-state index in [4.69, 9.17) is 0 Å². The van der Waals surface area contributed by atoms with Crippen LogP contribution in [0.15, 0.2) is 108 Å². The van der Waals surface area contributed by atoms with Crippen molar-refractivity contribution in [1.29, 1.82) is 0 Å². The molecule has 2 N–H and O–H groups in total. The molecule has 0 amide bonds. The van der Waals surface area contributed by atoms with Gasteiger partial charge >= 0.3 is 0 Å². The van der Waals surface area contributed by atoms with Gasteiger partial charge in [0.05, 0.1) is 6.10 Å². The molecule has 0 saturated heterocycles. The summed E-state index contributed by atoms with van der Waals surface area (Å²) in [6.07, 6.45) is -0.718. The topological polar surface area (TPSA) is 40.5 Å². The van der Waals surface area contributed by atoms with Crippen molar-refractivity contribution >= 4 is 15.9 Å². The zero-order valence-electron chi connectivity index (χ0n) is 16.4. The zero-order chi connectivity index (χ0) is 20.9. The molecule has 4 aromatic carbocycles. The Labute approximate surface area is 185 Å². The highest BCUT2D eigenvalue weighted by atomic mass is 79.9. The minimum atomic E-state index is -0.655. The quantitative estimate of drug-likeness (QED) is 0.347. The Hall–Kier alpha value is -2.72. The van der Waals surface area contributed by atoms with Crippen LogP contribution in [0.3, 0.4) is 0 Å². The lowest BCUT2D eigenvalue weighted by molar-refractivity contribution is 0.179. The Kier molecular flexibility index (Phi) is 6.44. The van der Waals surface area contributed by atoms with Crippen molar-refractivity contribution in [2.24, 2.45) is 0 Å². The molecule has 0 saturated carbocycles. The molecule has 2 unspecified atom stereocenters. The molecule has 150 valence electrons. The highest BCUT2D eigenvalue weighted by Crippen LogP contribution is 2.32. The minimum Gasteiger partial charge on any atom is -0.388 e. The zero-order valence-corrected chi connectivity index (χ0v) is 18.0. The van der Waals surface area contributed by atoms with Crippen LogP contribution in [0.25, 0.3) is 11.1 Å². The van der Waals surface area contributed by atoms with E-state index in [2.05, 4.69) is 15.9 Å². The van der Waals surface area contributed by atoms with E-state index in [1.165, 1.54) is 0 Å². The summed E-state index contributed by atoms with van der Waals surface area (Å²) < 4.78 is 1.01. The van der Waals surface area contributed by atoms with E-state index in [0.717, 1.165) is 37.9 Å². The number of aliphatic hydroxyl groups is 2. The van der Waals surface area contributed by atoms with Crippen molar-refractivity contribution < 1.29 is 10.2 Å². The van der Waals surface area contributed by atoms with Crippen LogP contribution >= 0.6 is 15.9 Å². The molecule has 2 nitrogen and oxygen atoms in total. The van der Waals surface area contributed by atoms with E-state index in [1.807, 2.05) is 103 Å². The van der Waals surface area contributed by atoms with Gasteiger partial charge in [0.2, 0.25) is 0 Å². The Morgan fingerprint density at radius 2 is 1.33 bits per heavy atom. The van der Waals surface area contributed by atoms with Crippen LogP contribution in [-0.4, -0.2) is 10.2 Å². The molecular weight excluding hydrogens is 436 g/mol. The molecule has 0 spiro atoms. The van der Waals surface area contributed by atoms with Gasteiger partial charge in [-0.15, -0.1) is 0 Å². The van der Waals surface area contributed by atoms with Crippen molar-refractivity contribution in [3.05, 3.63) is 130 Å². The van der Waals surface area contributed by atoms with Gasteiger partial charge in [-0.2, -0.15) is 0 Å². The summed E-state index contributed by atoms with van der Waals surface area (Å²) in [6.45, 7) is 0. The highest BCUT2D eigenvalue weighted by molar-refractivity contribution is 9.10. The summed E-state index contributed by atoms with van der Waals surface area (Å²) in [5.41, 5.74) is 5.71. The van der Waals surface area contributed by atoms with E-state index in [1.54, 1.807) is 0 Å². The van der Waals surface area contributed by atoms with Gasteiger partial charge in [0.25, 0.3) is 0 Å². The van der Waals surface area contributed by atoms with Gasteiger partial charge < -0.3 is 10.2 Å². The molecule has 0 aliphatic carbocycles. The number of halogens is 1. The monoisotopic (exact) mass is 458 g/mol. The third-order valence-corrected chi connectivity index (χ3v) is 5.78. The summed E-state index contributed by atoms with van der Waals surface area (Å²) in [4.78, 5) is 0. The molecule has 30 heavy (non-hydrogen) atoms. The lowest BCUT2D eigenvalue weighted by Crippen LogP contribution is -2.04. The van der Waals surface area contributed by atoms with Gasteiger partial charge in [-0.1, -0.05) is 107 Å². The van der Waals surface area contributed by atoms with Crippen LogP contribution in [-0.2, 0) is 6.42 Å². The standard InChI is InChI=1S/C27H23BrO2/c28-23-10-6-7-19(17-23)18-26(29)25-12-5-4-11-24(25)20-13-15-22(16-14-20)27(30)21-8-2-1-3-9-21/h1-17,26-27,29-30H,18H2. The van der Waals surface area contributed by atoms with E-state index >= 15 is 0 Å². The molecule has 0 fully saturated rings. The molecular formula is C27H23BrO2. The third-order valence-electron chi connectivity index (χ3n) is 5.29. The van der Waals surface area contributed by atoms with Gasteiger partial charge in [-0.05, 0) is 45.5 Å². The maximum atomic E-state index is 10.9. The number of aliphatic hydroxyl groups excluding tert-OH is 2. The first kappa shape index (κ1) is 20.5. The van der Waals surface area contributed by atoms with Crippen LogP contribution in [0.5, 0.6) is 0 Å². The second-order valence-corrected chi connectivity index (χ2v) is 8.29. The molecule has 2 atom stereocenters. The number of hydrogen-bond acceptors (Lipinski definition) is 2. The van der Waals surface area contributed by atoms with Gasteiger partial charge in [0.1, 0.15) is 6.10 Å². The van der Waals surface area contributed by atoms with Crippen molar-refractivity contribution in [3.8, 4) is 11.1 Å². The molecule has 4 aromatic rings. The van der Waals surface area contributed by atoms with Gasteiger partial charge in [0, 0.05) is 10.9 Å². The normalized spacial score (nSPS) is 13.0. The first-order chi connectivity index (χ1) is 14.6. The van der Waals surface area contributed by atoms with Gasteiger partial charge in [-0.3, -0.25) is 0 Å². The maximum Gasteiger partial charge on any atom is 0.104 e. The summed E-state index contributed by atoms with van der Waals surface area (Å²) >= 11 is 3.49. The van der Waals surface area contributed by atoms with Crippen LogP contribution < -0.4 is 0 Å². The largest absolute Gasteiger partial charge is 0.388 e. The van der Waals surface area contributed by atoms with E-state index in [0.29, 0.717) is 6.42 Å². The average molecular weight is 459 g/mol. The van der Waals surface area contributed by atoms with E-state index in [-0.39, 0.29) is 0 Å². The maximum absolute atomic E-state index is 10.9. The van der Waals surface area contributed by atoms with E-state index < -0.39 is 12.2 Å². The van der Waals surface area contributed by atoms with Crippen molar-refractivity contribution in [1.82, 2.24) is 0 Å². The lowest BCUT2D eigenvalue weighted by atomic mass is 9.92. The predicted molar refractivity (Wildman–Crippen MR) is 125 cm³/mol. The second kappa shape index (κ2) is 9.40. The second-order valence-electron chi connectivity index (χ2n) is 7.37. The Bertz CT molecular complexity index is 1110. The predicted octanol–water partition coefficient (Wildman–Crippen LogP) is 6.47. The van der Waals surface area contributed by atoms with Crippen LogP contribution in [0, 0.1) is 0 Å². The first-order valence-electron chi connectivity index (χ1n) is 9.96. The highest BCUT2D eigenvalue weighted by Gasteiger charge is 2.15. The molecule has 0 aliphatic heterocycles. The fraction of sp³-hybridized carbons (Fsp3) is 0.111. The van der Waals surface area contributed by atoms with Crippen LogP contribution in [0.1, 0.15) is 34.5 Å². The smallest absolute Gasteiger partial charge is 0.104 e. The SMILES string of the molecule is OC(Cc1cccc(Br)c1)c1ccccc1-c1ccc(C(O)c2ccccc2)cc1. The molecule has 0 heterocycles. The van der Waals surface area contributed by atoms with Crippen LogP contribution in [0.4, 0.5) is 0 Å². The number of rotatable bonds is 6. The van der Waals surface area contributed by atoms with Gasteiger partial charge in [-0.25, -0.2) is 0 Å². The Morgan fingerprint density at radius 1 is 0.667 bits per heavy atom. The number of hydrogen-bond donors (Lipinski definition) is 2. The fourth-order valence-electron chi connectivity index (χ4n) is 3.72. The molecule has 3 heteroatoms. The molecule has 0 bridgehead atoms. The molecule has 0 aliphatic rings. The fourth-order valence-corrected chi connectivity index (χ4v) is 4.17. The van der Waals surface area contributed by atoms with Crippen molar-refractivity contribution in [2.75, 3.05) is 0 Å². The molecule has 0 radical (unpaired) electrons. The summed E-state index contributed by atoms with van der Waals surface area (Å²) in [6, 6.07) is 33.5. The van der Waals surface area contributed by atoms with Crippen LogP contribution in [0.2, 0.25) is 0 Å². The van der Waals surface area contributed by atoms with Crippen molar-refractivity contribution in [2.45, 2.75) is 18.6 Å². The Morgan fingerprint density at radius 3 is 2.07 bits per heavy atom. The third kappa shape index (κ3) is 4.71.